The fraction of sp³-hybridized carbons (Fsp3) is 0.188. The molecule has 0 fully saturated rings. The molecule has 0 saturated heterocycles. The number of methoxy groups -OCH3 is 1. The fourth-order valence-corrected chi connectivity index (χ4v) is 1.83. The molecule has 0 bridgehead atoms. The number of carboxylic acids is 1. The molecule has 104 valence electrons. The van der Waals surface area contributed by atoms with Crippen LogP contribution in [0.1, 0.15) is 0 Å². The van der Waals surface area contributed by atoms with Crippen LogP contribution >= 0.6 is 0 Å². The first-order chi connectivity index (χ1) is 9.70. The minimum atomic E-state index is -1.04. The third-order valence-corrected chi connectivity index (χ3v) is 2.83. The molecule has 1 unspecified atom stereocenters. The van der Waals surface area contributed by atoms with Gasteiger partial charge in [0.2, 0.25) is 6.10 Å². The van der Waals surface area contributed by atoms with Gasteiger partial charge in [-0.3, -0.25) is 0 Å². The summed E-state index contributed by atoms with van der Waals surface area (Å²) in [4.78, 5) is 11.0. The van der Waals surface area contributed by atoms with Crippen LogP contribution in [0.15, 0.2) is 54.6 Å². The van der Waals surface area contributed by atoms with Gasteiger partial charge < -0.3 is 14.6 Å². The van der Waals surface area contributed by atoms with E-state index in [1.54, 1.807) is 12.1 Å². The van der Waals surface area contributed by atoms with Crippen LogP contribution in [0.25, 0.3) is 11.1 Å². The van der Waals surface area contributed by atoms with E-state index in [2.05, 4.69) is 0 Å². The summed E-state index contributed by atoms with van der Waals surface area (Å²) in [6, 6.07) is 17.2. The van der Waals surface area contributed by atoms with Crippen molar-refractivity contribution in [2.24, 2.45) is 0 Å². The van der Waals surface area contributed by atoms with Crippen LogP contribution in [0.5, 0.6) is 5.75 Å². The molecule has 0 radical (unpaired) electrons. The van der Waals surface area contributed by atoms with Crippen LogP contribution < -0.4 is 4.74 Å². The van der Waals surface area contributed by atoms with Crippen molar-refractivity contribution in [2.45, 2.75) is 6.10 Å². The molecule has 0 aromatic heterocycles. The maximum absolute atomic E-state index is 11.0. The summed E-state index contributed by atoms with van der Waals surface area (Å²) in [7, 11) is 1.44. The first kappa shape index (κ1) is 14.1. The second-order valence-electron chi connectivity index (χ2n) is 4.29. The van der Waals surface area contributed by atoms with Gasteiger partial charge in [-0.1, -0.05) is 42.5 Å². The van der Waals surface area contributed by atoms with E-state index >= 15 is 0 Å². The lowest BCUT2D eigenvalue weighted by atomic mass is 10.1. The van der Waals surface area contributed by atoms with E-state index in [1.165, 1.54) is 7.11 Å². The zero-order valence-electron chi connectivity index (χ0n) is 11.2. The summed E-state index contributed by atoms with van der Waals surface area (Å²) in [5, 5.41) is 8.99. The highest BCUT2D eigenvalue weighted by atomic mass is 16.5. The van der Waals surface area contributed by atoms with Crippen LogP contribution in [0.4, 0.5) is 0 Å². The quantitative estimate of drug-likeness (QED) is 0.878. The van der Waals surface area contributed by atoms with Crippen molar-refractivity contribution in [2.75, 3.05) is 13.7 Å². The highest BCUT2D eigenvalue weighted by molar-refractivity contribution is 5.73. The zero-order chi connectivity index (χ0) is 14.4. The highest BCUT2D eigenvalue weighted by Gasteiger charge is 2.18. The molecule has 4 heteroatoms. The van der Waals surface area contributed by atoms with Crippen molar-refractivity contribution < 1.29 is 19.4 Å². The Labute approximate surface area is 117 Å². The number of benzene rings is 2. The molecule has 1 atom stereocenters. The summed E-state index contributed by atoms with van der Waals surface area (Å²) in [5.74, 6) is -0.534. The minimum absolute atomic E-state index is 0.00969. The first-order valence-corrected chi connectivity index (χ1v) is 6.24. The Hall–Kier alpha value is -2.33. The lowest BCUT2D eigenvalue weighted by molar-refractivity contribution is -0.147. The van der Waals surface area contributed by atoms with Crippen LogP contribution in [0, 0.1) is 0 Å². The molecule has 0 aliphatic rings. The second-order valence-corrected chi connectivity index (χ2v) is 4.29. The Morgan fingerprint density at radius 1 is 1.05 bits per heavy atom. The number of aliphatic carboxylic acids is 1. The highest BCUT2D eigenvalue weighted by Crippen LogP contribution is 2.22. The molecule has 0 saturated carbocycles. The molecule has 0 aliphatic carbocycles. The van der Waals surface area contributed by atoms with Crippen molar-refractivity contribution in [3.63, 3.8) is 0 Å². The van der Waals surface area contributed by atoms with E-state index in [0.29, 0.717) is 5.75 Å². The van der Waals surface area contributed by atoms with Gasteiger partial charge in [0, 0.05) is 7.11 Å². The van der Waals surface area contributed by atoms with Crippen molar-refractivity contribution >= 4 is 5.97 Å². The van der Waals surface area contributed by atoms with Gasteiger partial charge in [0.25, 0.3) is 0 Å². The second kappa shape index (κ2) is 6.73. The average Bonchev–Trinajstić information content (AvgIpc) is 2.48. The molecule has 0 amide bonds. The van der Waals surface area contributed by atoms with E-state index in [9.17, 15) is 4.79 Å². The Bertz CT molecular complexity index is 548. The van der Waals surface area contributed by atoms with E-state index in [4.69, 9.17) is 14.6 Å². The van der Waals surface area contributed by atoms with Gasteiger partial charge in [-0.05, 0) is 23.3 Å². The van der Waals surface area contributed by atoms with Gasteiger partial charge in [0.1, 0.15) is 5.75 Å². The van der Waals surface area contributed by atoms with Gasteiger partial charge in [-0.2, -0.15) is 0 Å². The van der Waals surface area contributed by atoms with Gasteiger partial charge in [0.15, 0.2) is 0 Å². The number of carboxylic acid groups (broad SMARTS) is 1. The van der Waals surface area contributed by atoms with Gasteiger partial charge in [0.05, 0.1) is 6.61 Å². The van der Waals surface area contributed by atoms with Crippen molar-refractivity contribution in [1.82, 2.24) is 0 Å². The maximum Gasteiger partial charge on any atom is 0.347 e. The largest absolute Gasteiger partial charge is 0.478 e. The molecule has 1 N–H and O–H groups in total. The van der Waals surface area contributed by atoms with Crippen molar-refractivity contribution in [3.8, 4) is 16.9 Å². The Balaban J connectivity index is 2.10. The predicted molar refractivity (Wildman–Crippen MR) is 75.8 cm³/mol. The summed E-state index contributed by atoms with van der Waals surface area (Å²) in [6.45, 7) is 0.00969. The summed E-state index contributed by atoms with van der Waals surface area (Å²) >= 11 is 0. The fourth-order valence-electron chi connectivity index (χ4n) is 1.83. The van der Waals surface area contributed by atoms with Gasteiger partial charge in [-0.25, -0.2) is 4.79 Å². The first-order valence-electron chi connectivity index (χ1n) is 6.24. The number of hydrogen-bond donors (Lipinski definition) is 1. The zero-order valence-corrected chi connectivity index (χ0v) is 11.2. The molecule has 0 heterocycles. The van der Waals surface area contributed by atoms with E-state index in [-0.39, 0.29) is 6.61 Å². The molecule has 2 aromatic carbocycles. The van der Waals surface area contributed by atoms with E-state index in [1.807, 2.05) is 42.5 Å². The third-order valence-electron chi connectivity index (χ3n) is 2.83. The molecule has 2 aromatic rings. The normalized spacial score (nSPS) is 11.8. The smallest absolute Gasteiger partial charge is 0.347 e. The SMILES string of the molecule is COCC(Oc1ccc(-c2ccccc2)cc1)C(=O)O. The Morgan fingerprint density at radius 2 is 1.65 bits per heavy atom. The number of carbonyl (C=O) groups is 1. The number of rotatable bonds is 6. The molecule has 4 nitrogen and oxygen atoms in total. The molecule has 0 spiro atoms. The maximum atomic E-state index is 11.0. The van der Waals surface area contributed by atoms with Crippen LogP contribution in [-0.4, -0.2) is 30.9 Å². The molecule has 20 heavy (non-hydrogen) atoms. The monoisotopic (exact) mass is 272 g/mol. The molecule has 2 rings (SSSR count). The van der Waals surface area contributed by atoms with Crippen LogP contribution in [0.2, 0.25) is 0 Å². The predicted octanol–water partition coefficient (Wildman–Crippen LogP) is 2.83. The lowest BCUT2D eigenvalue weighted by Gasteiger charge is -2.14. The third kappa shape index (κ3) is 3.59. The Kier molecular flexibility index (Phi) is 4.74. The summed E-state index contributed by atoms with van der Waals surface area (Å²) in [5.41, 5.74) is 2.15. The van der Waals surface area contributed by atoms with Crippen molar-refractivity contribution in [3.05, 3.63) is 54.6 Å². The molecular weight excluding hydrogens is 256 g/mol. The minimum Gasteiger partial charge on any atom is -0.478 e. The lowest BCUT2D eigenvalue weighted by Crippen LogP contribution is -2.31. The summed E-state index contributed by atoms with van der Waals surface area (Å²) < 4.78 is 10.2. The van der Waals surface area contributed by atoms with Gasteiger partial charge >= 0.3 is 5.97 Å². The molecule has 0 aliphatic heterocycles. The average molecular weight is 272 g/mol. The molecular formula is C16H16O4. The van der Waals surface area contributed by atoms with Crippen LogP contribution in [-0.2, 0) is 9.53 Å². The number of hydrogen-bond acceptors (Lipinski definition) is 3. The van der Waals surface area contributed by atoms with Crippen molar-refractivity contribution in [1.29, 1.82) is 0 Å². The number of ether oxygens (including phenoxy) is 2. The van der Waals surface area contributed by atoms with Crippen LogP contribution in [0.3, 0.4) is 0 Å². The topological polar surface area (TPSA) is 55.8 Å². The standard InChI is InChI=1S/C16H16O4/c1-19-11-15(16(17)18)20-14-9-7-13(8-10-14)12-5-3-2-4-6-12/h2-10,15H,11H2,1H3,(H,17,18). The van der Waals surface area contributed by atoms with E-state index < -0.39 is 12.1 Å². The van der Waals surface area contributed by atoms with E-state index in [0.717, 1.165) is 11.1 Å². The Morgan fingerprint density at radius 3 is 2.20 bits per heavy atom. The van der Waals surface area contributed by atoms with Gasteiger partial charge in [-0.15, -0.1) is 0 Å². The summed E-state index contributed by atoms with van der Waals surface area (Å²) in [6.07, 6.45) is -0.998.